The third-order valence-corrected chi connectivity index (χ3v) is 4.42. The molecule has 0 N–H and O–H groups in total. The van der Waals surface area contributed by atoms with Gasteiger partial charge in [0.1, 0.15) is 12.6 Å². The van der Waals surface area contributed by atoms with Crippen LogP contribution in [0, 0.1) is 29.1 Å². The normalized spacial score (nSPS) is 16.4. The van der Waals surface area contributed by atoms with Gasteiger partial charge in [-0.15, -0.1) is 0 Å². The Morgan fingerprint density at radius 1 is 0.963 bits per heavy atom. The molecule has 4 rings (SSSR count). The molecule has 0 unspecified atom stereocenters. The van der Waals surface area contributed by atoms with Crippen molar-refractivity contribution < 1.29 is 31.3 Å². The minimum absolute atomic E-state index is 0.0632. The molecule has 1 aliphatic heterocycles. The van der Waals surface area contributed by atoms with Gasteiger partial charge in [-0.3, -0.25) is 0 Å². The molecule has 1 aromatic heterocycles. The van der Waals surface area contributed by atoms with Gasteiger partial charge in [0.25, 0.3) is 0 Å². The maximum Gasteiger partial charge on any atom is 0.304 e. The molecule has 0 bridgehead atoms. The largest absolute Gasteiger partial charge is 0.367 e. The molecule has 0 amide bonds. The Hall–Kier alpha value is -2.81. The summed E-state index contributed by atoms with van der Waals surface area (Å²) in [4.78, 5) is 0. The molecule has 0 fully saturated rings. The second kappa shape index (κ2) is 6.73. The Morgan fingerprint density at radius 3 is 2.26 bits per heavy atom. The average molecular weight is 382 g/mol. The fraction of sp³-hybridized carbons (Fsp3) is 0.222. The van der Waals surface area contributed by atoms with Crippen molar-refractivity contribution in [1.82, 2.24) is 9.78 Å². The third kappa shape index (κ3) is 2.97. The monoisotopic (exact) mass is 382 g/mol. The average Bonchev–Trinajstić information content (AvgIpc) is 3.10. The Balaban J connectivity index is 1.77. The van der Waals surface area contributed by atoms with Crippen LogP contribution in [-0.4, -0.2) is 16.4 Å². The van der Waals surface area contributed by atoms with E-state index in [-0.39, 0.29) is 12.6 Å². The summed E-state index contributed by atoms with van der Waals surface area (Å²) in [5.74, 6) is -9.78. The van der Waals surface area contributed by atoms with E-state index >= 15 is 0 Å². The lowest BCUT2D eigenvalue weighted by atomic mass is 10.1. The molecule has 2 aromatic carbocycles. The van der Waals surface area contributed by atoms with E-state index in [1.165, 1.54) is 6.33 Å². The molecule has 0 saturated carbocycles. The van der Waals surface area contributed by atoms with Crippen LogP contribution in [0.25, 0.3) is 5.69 Å². The molecule has 27 heavy (non-hydrogen) atoms. The zero-order valence-electron chi connectivity index (χ0n) is 13.8. The van der Waals surface area contributed by atoms with Gasteiger partial charge in [-0.2, -0.15) is 8.78 Å². The number of nitrogens with zero attached hydrogens (tertiary/aromatic N) is 3. The van der Waals surface area contributed by atoms with Gasteiger partial charge in [-0.05, 0) is 5.56 Å². The fourth-order valence-electron chi connectivity index (χ4n) is 3.11. The highest BCUT2D eigenvalue weighted by atomic mass is 19.2. The van der Waals surface area contributed by atoms with E-state index in [1.54, 1.807) is 4.57 Å². The van der Waals surface area contributed by atoms with Crippen LogP contribution >= 0.6 is 0 Å². The van der Waals surface area contributed by atoms with Crippen LogP contribution in [0.1, 0.15) is 17.4 Å². The summed E-state index contributed by atoms with van der Waals surface area (Å²) in [5, 5.41) is 3.97. The van der Waals surface area contributed by atoms with Crippen molar-refractivity contribution in [2.75, 3.05) is 6.61 Å². The van der Waals surface area contributed by atoms with Crippen molar-refractivity contribution in [3.8, 4) is 5.69 Å². The maximum atomic E-state index is 14.1. The predicted molar refractivity (Wildman–Crippen MR) is 82.4 cm³/mol. The van der Waals surface area contributed by atoms with Crippen LogP contribution in [-0.2, 0) is 17.8 Å². The van der Waals surface area contributed by atoms with Gasteiger partial charge < -0.3 is 4.74 Å². The molecular formula is C18H13F5N3O+. The minimum atomic E-state index is -2.20. The van der Waals surface area contributed by atoms with E-state index in [0.717, 1.165) is 5.56 Å². The summed E-state index contributed by atoms with van der Waals surface area (Å²) >= 11 is 0. The molecule has 3 aromatic rings. The van der Waals surface area contributed by atoms with Crippen molar-refractivity contribution >= 4 is 0 Å². The van der Waals surface area contributed by atoms with E-state index in [4.69, 9.17) is 4.74 Å². The van der Waals surface area contributed by atoms with Crippen LogP contribution in [0.5, 0.6) is 0 Å². The van der Waals surface area contributed by atoms with Gasteiger partial charge in [0.2, 0.25) is 41.1 Å². The van der Waals surface area contributed by atoms with E-state index in [1.807, 2.05) is 30.3 Å². The number of halogens is 5. The SMILES string of the molecule is Fc1c(F)c(F)c(-n2c[n+]3c(n2)COC[C@H]3Cc2ccccc2)c(F)c1F. The lowest BCUT2D eigenvalue weighted by molar-refractivity contribution is -0.742. The molecule has 0 radical (unpaired) electrons. The van der Waals surface area contributed by atoms with Gasteiger partial charge in [0, 0.05) is 11.5 Å². The van der Waals surface area contributed by atoms with E-state index in [2.05, 4.69) is 5.10 Å². The van der Waals surface area contributed by atoms with E-state index in [9.17, 15) is 22.0 Å². The highest BCUT2D eigenvalue weighted by Gasteiger charge is 2.35. The lowest BCUT2D eigenvalue weighted by Gasteiger charge is -2.19. The number of benzene rings is 2. The molecule has 1 atom stereocenters. The molecule has 9 heteroatoms. The van der Waals surface area contributed by atoms with Crippen molar-refractivity contribution in [3.05, 3.63) is 77.1 Å². The number of fused-ring (bicyclic) bond motifs is 1. The first kappa shape index (κ1) is 17.6. The Morgan fingerprint density at radius 2 is 1.59 bits per heavy atom. The number of hydrogen-bond acceptors (Lipinski definition) is 2. The summed E-state index contributed by atoms with van der Waals surface area (Å²) in [7, 11) is 0. The molecule has 2 heterocycles. The van der Waals surface area contributed by atoms with Crippen molar-refractivity contribution in [3.63, 3.8) is 0 Å². The van der Waals surface area contributed by atoms with Crippen LogP contribution < -0.4 is 4.57 Å². The molecule has 0 aliphatic carbocycles. The number of aromatic nitrogens is 3. The Bertz CT molecular complexity index is 977. The van der Waals surface area contributed by atoms with Crippen LogP contribution in [0.3, 0.4) is 0 Å². The summed E-state index contributed by atoms with van der Waals surface area (Å²) in [6, 6.07) is 9.24. The molecule has 0 saturated heterocycles. The van der Waals surface area contributed by atoms with Crippen molar-refractivity contribution in [2.45, 2.75) is 19.1 Å². The van der Waals surface area contributed by atoms with Crippen molar-refractivity contribution in [1.29, 1.82) is 0 Å². The Labute approximate surface area is 150 Å². The first-order valence-corrected chi connectivity index (χ1v) is 8.10. The smallest absolute Gasteiger partial charge is 0.304 e. The number of rotatable bonds is 3. The summed E-state index contributed by atoms with van der Waals surface area (Å²) < 4.78 is 76.2. The predicted octanol–water partition coefficient (Wildman–Crippen LogP) is 3.17. The van der Waals surface area contributed by atoms with Gasteiger partial charge in [-0.1, -0.05) is 35.0 Å². The highest BCUT2D eigenvalue weighted by Crippen LogP contribution is 2.26. The Kier molecular flexibility index (Phi) is 4.39. The maximum absolute atomic E-state index is 14.1. The highest BCUT2D eigenvalue weighted by molar-refractivity contribution is 5.36. The summed E-state index contributed by atoms with van der Waals surface area (Å²) in [6.07, 6.45) is 1.78. The molecule has 1 aliphatic rings. The van der Waals surface area contributed by atoms with Crippen LogP contribution in [0.2, 0.25) is 0 Å². The van der Waals surface area contributed by atoms with Gasteiger partial charge in [-0.25, -0.2) is 17.7 Å². The van der Waals surface area contributed by atoms with Gasteiger partial charge in [0.05, 0.1) is 6.61 Å². The van der Waals surface area contributed by atoms with Crippen molar-refractivity contribution in [2.24, 2.45) is 0 Å². The quantitative estimate of drug-likeness (QED) is 0.302. The molecule has 4 nitrogen and oxygen atoms in total. The first-order chi connectivity index (χ1) is 13.0. The number of ether oxygens (including phenoxy) is 1. The first-order valence-electron chi connectivity index (χ1n) is 8.10. The molecular weight excluding hydrogens is 369 g/mol. The van der Waals surface area contributed by atoms with Gasteiger partial charge >= 0.3 is 5.82 Å². The second-order valence-corrected chi connectivity index (χ2v) is 6.16. The fourth-order valence-corrected chi connectivity index (χ4v) is 3.11. The summed E-state index contributed by atoms with van der Waals surface area (Å²) in [6.45, 7) is 0.392. The molecule has 0 spiro atoms. The van der Waals surface area contributed by atoms with Crippen LogP contribution in [0.4, 0.5) is 22.0 Å². The minimum Gasteiger partial charge on any atom is -0.367 e. The van der Waals surface area contributed by atoms with Crippen LogP contribution in [0.15, 0.2) is 36.7 Å². The zero-order chi connectivity index (χ0) is 19.1. The second-order valence-electron chi connectivity index (χ2n) is 6.16. The standard InChI is InChI=1S/C18H13F5N3O/c19-13-14(20)16(22)18(17(23)15(13)21)26-9-25-11(7-27-8-12(25)24-26)6-10-4-2-1-3-5-10/h1-5,9,11H,6-8H2/q+1/t11-/m1/s1. The summed E-state index contributed by atoms with van der Waals surface area (Å²) in [5.41, 5.74) is -0.109. The lowest BCUT2D eigenvalue weighted by Crippen LogP contribution is -2.48. The third-order valence-electron chi connectivity index (χ3n) is 4.42. The van der Waals surface area contributed by atoms with E-state index < -0.39 is 34.8 Å². The number of hydrogen-bond donors (Lipinski definition) is 0. The van der Waals surface area contributed by atoms with Gasteiger partial charge in [0.15, 0.2) is 0 Å². The van der Waals surface area contributed by atoms with E-state index in [0.29, 0.717) is 23.5 Å². The topological polar surface area (TPSA) is 30.9 Å². The zero-order valence-corrected chi connectivity index (χ0v) is 13.8. The molecule has 140 valence electrons.